The van der Waals surface area contributed by atoms with Crippen LogP contribution in [0.2, 0.25) is 0 Å². The van der Waals surface area contributed by atoms with Crippen molar-refractivity contribution in [3.63, 3.8) is 0 Å². The van der Waals surface area contributed by atoms with E-state index in [2.05, 4.69) is 15.3 Å². The Balaban J connectivity index is 1.97. The summed E-state index contributed by atoms with van der Waals surface area (Å²) in [6.07, 6.45) is -2.08. The predicted molar refractivity (Wildman–Crippen MR) is 80.4 cm³/mol. The average molecular weight is 349 g/mol. The minimum atomic E-state index is -4.00. The zero-order chi connectivity index (χ0) is 17.8. The van der Waals surface area contributed by atoms with E-state index >= 15 is 0 Å². The van der Waals surface area contributed by atoms with Gasteiger partial charge in [-0.15, -0.1) is 0 Å². The van der Waals surface area contributed by atoms with E-state index in [1.54, 1.807) is 12.1 Å². The number of alkyl halides is 3. The number of nitrogens with one attached hydrogen (secondary N) is 1. The molecule has 0 saturated heterocycles. The molecule has 2 aromatic rings. The standard InChI is InChI=1S/C17H11F4N3O/c18-9-4-5-11-10(7-9)14(19)17(20,21)16(11)8-13(25)23-15(24-16)12-3-1-2-6-22-12/h1-7,14H,8H2,(H,23,24,25). The molecule has 128 valence electrons. The Hall–Kier alpha value is -2.77. The summed E-state index contributed by atoms with van der Waals surface area (Å²) in [6.45, 7) is 0. The van der Waals surface area contributed by atoms with Crippen LogP contribution in [0.1, 0.15) is 29.4 Å². The molecule has 1 aromatic heterocycles. The Morgan fingerprint density at radius 1 is 1.20 bits per heavy atom. The van der Waals surface area contributed by atoms with Crippen LogP contribution in [-0.2, 0) is 10.3 Å². The molecule has 0 fully saturated rings. The summed E-state index contributed by atoms with van der Waals surface area (Å²) in [6, 6.07) is 7.46. The molecule has 1 spiro atoms. The first-order valence-electron chi connectivity index (χ1n) is 7.48. The molecule has 1 aliphatic carbocycles. The molecule has 2 heterocycles. The normalized spacial score (nSPS) is 27.0. The second-order valence-corrected chi connectivity index (χ2v) is 5.98. The molecule has 8 heteroatoms. The number of amidine groups is 1. The Bertz CT molecular complexity index is 900. The number of carbonyl (C=O) groups is 1. The first kappa shape index (κ1) is 15.7. The number of fused-ring (bicyclic) bond motifs is 2. The fraction of sp³-hybridized carbons (Fsp3) is 0.235. The van der Waals surface area contributed by atoms with Crippen molar-refractivity contribution in [2.24, 2.45) is 4.99 Å². The number of rotatable bonds is 1. The molecule has 1 amide bonds. The van der Waals surface area contributed by atoms with Gasteiger partial charge in [0.1, 0.15) is 11.5 Å². The molecule has 1 aliphatic heterocycles. The van der Waals surface area contributed by atoms with Gasteiger partial charge in [0.15, 0.2) is 17.5 Å². The van der Waals surface area contributed by atoms with Crippen LogP contribution in [0, 0.1) is 5.82 Å². The highest BCUT2D eigenvalue weighted by molar-refractivity contribution is 6.09. The fourth-order valence-electron chi connectivity index (χ4n) is 3.34. The lowest BCUT2D eigenvalue weighted by atomic mass is 9.84. The van der Waals surface area contributed by atoms with E-state index in [4.69, 9.17) is 0 Å². The van der Waals surface area contributed by atoms with Gasteiger partial charge in [0, 0.05) is 11.8 Å². The topological polar surface area (TPSA) is 54.4 Å². The van der Waals surface area contributed by atoms with Gasteiger partial charge in [0.05, 0.1) is 6.42 Å². The van der Waals surface area contributed by atoms with Crippen molar-refractivity contribution in [3.05, 3.63) is 65.2 Å². The van der Waals surface area contributed by atoms with Crippen molar-refractivity contribution in [3.8, 4) is 0 Å². The zero-order valence-corrected chi connectivity index (χ0v) is 12.6. The number of pyridine rings is 1. The van der Waals surface area contributed by atoms with Crippen LogP contribution in [0.4, 0.5) is 17.6 Å². The van der Waals surface area contributed by atoms with Gasteiger partial charge in [-0.25, -0.2) is 13.8 Å². The van der Waals surface area contributed by atoms with Crippen molar-refractivity contribution >= 4 is 11.7 Å². The van der Waals surface area contributed by atoms with Crippen LogP contribution in [0.3, 0.4) is 0 Å². The number of nitrogens with zero attached hydrogens (tertiary/aromatic N) is 2. The summed E-state index contributed by atoms with van der Waals surface area (Å²) in [7, 11) is 0. The number of amides is 1. The van der Waals surface area contributed by atoms with Crippen molar-refractivity contribution in [2.45, 2.75) is 24.1 Å². The molecule has 2 aliphatic rings. The number of hydrogen-bond donors (Lipinski definition) is 1. The smallest absolute Gasteiger partial charge is 0.309 e. The predicted octanol–water partition coefficient (Wildman–Crippen LogP) is 3.04. The van der Waals surface area contributed by atoms with E-state index in [-0.39, 0.29) is 17.1 Å². The molecule has 0 saturated carbocycles. The van der Waals surface area contributed by atoms with E-state index in [0.717, 1.165) is 18.2 Å². The molecule has 25 heavy (non-hydrogen) atoms. The van der Waals surface area contributed by atoms with Gasteiger partial charge >= 0.3 is 5.92 Å². The van der Waals surface area contributed by atoms with Crippen LogP contribution in [-0.4, -0.2) is 22.6 Å². The average Bonchev–Trinajstić information content (AvgIpc) is 2.74. The Morgan fingerprint density at radius 3 is 2.72 bits per heavy atom. The van der Waals surface area contributed by atoms with Gasteiger partial charge in [0.25, 0.3) is 0 Å². The highest BCUT2D eigenvalue weighted by Gasteiger charge is 2.68. The van der Waals surface area contributed by atoms with Gasteiger partial charge in [0.2, 0.25) is 5.91 Å². The van der Waals surface area contributed by atoms with E-state index in [1.165, 1.54) is 12.3 Å². The maximum Gasteiger partial charge on any atom is 0.312 e. The maximum atomic E-state index is 14.9. The van der Waals surface area contributed by atoms with Gasteiger partial charge in [-0.1, -0.05) is 12.1 Å². The van der Waals surface area contributed by atoms with Gasteiger partial charge in [-0.05, 0) is 29.8 Å². The molecule has 2 unspecified atom stereocenters. The second kappa shape index (κ2) is 5.11. The highest BCUT2D eigenvalue weighted by atomic mass is 19.3. The lowest BCUT2D eigenvalue weighted by molar-refractivity contribution is -0.141. The third-order valence-corrected chi connectivity index (χ3v) is 4.49. The molecule has 1 aromatic carbocycles. The zero-order valence-electron chi connectivity index (χ0n) is 12.6. The molecule has 2 atom stereocenters. The number of hydrogen-bond acceptors (Lipinski definition) is 3. The number of carbonyl (C=O) groups excluding carboxylic acids is 1. The van der Waals surface area contributed by atoms with Crippen LogP contribution in [0.25, 0.3) is 0 Å². The first-order chi connectivity index (χ1) is 11.8. The molecule has 1 N–H and O–H groups in total. The summed E-state index contributed by atoms with van der Waals surface area (Å²) in [5, 5.41) is 2.40. The SMILES string of the molecule is O=C1CC2(N=C(c3ccccn3)N1)c1ccc(F)cc1C(F)C2(F)F. The molecule has 0 radical (unpaired) electrons. The minimum absolute atomic E-state index is 0.166. The molecular formula is C17H11F4N3O. The molecular weight excluding hydrogens is 338 g/mol. The van der Waals surface area contributed by atoms with Gasteiger partial charge in [-0.2, -0.15) is 8.78 Å². The fourth-order valence-corrected chi connectivity index (χ4v) is 3.34. The summed E-state index contributed by atoms with van der Waals surface area (Å²) < 4.78 is 57.6. The van der Waals surface area contributed by atoms with Crippen molar-refractivity contribution in [1.82, 2.24) is 10.3 Å². The Kier molecular flexibility index (Phi) is 3.22. The van der Waals surface area contributed by atoms with E-state index < -0.39 is 41.3 Å². The van der Waals surface area contributed by atoms with Crippen LogP contribution < -0.4 is 5.32 Å². The lowest BCUT2D eigenvalue weighted by Crippen LogP contribution is -2.51. The first-order valence-corrected chi connectivity index (χ1v) is 7.48. The summed E-state index contributed by atoms with van der Waals surface area (Å²) in [5.41, 5.74) is -2.92. The summed E-state index contributed by atoms with van der Waals surface area (Å²) in [5.74, 6) is -5.73. The van der Waals surface area contributed by atoms with Crippen LogP contribution >= 0.6 is 0 Å². The number of benzene rings is 1. The molecule has 4 nitrogen and oxygen atoms in total. The van der Waals surface area contributed by atoms with Crippen molar-refractivity contribution < 1.29 is 22.4 Å². The quantitative estimate of drug-likeness (QED) is 0.805. The van der Waals surface area contributed by atoms with E-state index in [9.17, 15) is 22.4 Å². The van der Waals surface area contributed by atoms with Crippen LogP contribution in [0.5, 0.6) is 0 Å². The monoisotopic (exact) mass is 349 g/mol. The van der Waals surface area contributed by atoms with Crippen molar-refractivity contribution in [1.29, 1.82) is 0 Å². The Labute approximate surface area is 139 Å². The summed E-state index contributed by atoms with van der Waals surface area (Å²) >= 11 is 0. The number of aliphatic imine (C=N–C) groups is 1. The second-order valence-electron chi connectivity index (χ2n) is 5.98. The maximum absolute atomic E-state index is 14.9. The lowest BCUT2D eigenvalue weighted by Gasteiger charge is -2.35. The van der Waals surface area contributed by atoms with Crippen molar-refractivity contribution in [2.75, 3.05) is 0 Å². The van der Waals surface area contributed by atoms with E-state index in [1.807, 2.05) is 0 Å². The number of aromatic nitrogens is 1. The third-order valence-electron chi connectivity index (χ3n) is 4.49. The van der Waals surface area contributed by atoms with Crippen LogP contribution in [0.15, 0.2) is 47.6 Å². The van der Waals surface area contributed by atoms with Gasteiger partial charge in [-0.3, -0.25) is 9.78 Å². The largest absolute Gasteiger partial charge is 0.312 e. The highest BCUT2D eigenvalue weighted by Crippen LogP contribution is 2.60. The Morgan fingerprint density at radius 2 is 2.00 bits per heavy atom. The molecule has 0 bridgehead atoms. The van der Waals surface area contributed by atoms with E-state index in [0.29, 0.717) is 0 Å². The minimum Gasteiger partial charge on any atom is -0.309 e. The third kappa shape index (κ3) is 2.09. The van der Waals surface area contributed by atoms with Gasteiger partial charge < -0.3 is 5.32 Å². The summed E-state index contributed by atoms with van der Waals surface area (Å²) in [4.78, 5) is 20.1. The molecule has 4 rings (SSSR count). The number of halogens is 4.